The molecule has 0 spiro atoms. The van der Waals surface area contributed by atoms with Gasteiger partial charge in [0.1, 0.15) is 0 Å². The van der Waals surface area contributed by atoms with E-state index in [0.29, 0.717) is 5.89 Å². The topological polar surface area (TPSA) is 115 Å². The van der Waals surface area contributed by atoms with Crippen molar-refractivity contribution in [2.24, 2.45) is 0 Å². The molecule has 1 aliphatic heterocycles. The first kappa shape index (κ1) is 23.1. The third kappa shape index (κ3) is 4.97. The van der Waals surface area contributed by atoms with E-state index in [1.54, 1.807) is 0 Å². The summed E-state index contributed by atoms with van der Waals surface area (Å²) in [4.78, 5) is 12.7. The summed E-state index contributed by atoms with van der Waals surface area (Å²) in [5, 5.41) is 10.5. The van der Waals surface area contributed by atoms with E-state index in [9.17, 15) is 13.2 Å². The van der Waals surface area contributed by atoms with Crippen LogP contribution in [0.3, 0.4) is 0 Å². The summed E-state index contributed by atoms with van der Waals surface area (Å²) in [6.07, 6.45) is -0.367. The Morgan fingerprint density at radius 2 is 1.70 bits per heavy atom. The number of anilines is 1. The fourth-order valence-electron chi connectivity index (χ4n) is 3.86. The molecule has 2 heterocycles. The lowest BCUT2D eigenvalue weighted by atomic mass is 10.1. The predicted molar refractivity (Wildman–Crippen MR) is 122 cm³/mol. The van der Waals surface area contributed by atoms with Gasteiger partial charge in [0.05, 0.1) is 17.1 Å². The SMILES string of the molecule is Cc1ccc(-c2nnc(NC(=O)c3ccc(S(=O)(=O)N4CC(C)OC(C)C4)cc3)o2)c(C)c1. The molecular weight excluding hydrogens is 444 g/mol. The number of nitrogens with one attached hydrogen (secondary N) is 1. The van der Waals surface area contributed by atoms with Gasteiger partial charge in [-0.3, -0.25) is 10.1 Å². The maximum atomic E-state index is 13.0. The summed E-state index contributed by atoms with van der Waals surface area (Å²) in [6, 6.07) is 11.5. The van der Waals surface area contributed by atoms with Crippen LogP contribution in [0.4, 0.5) is 6.01 Å². The number of hydrogen-bond acceptors (Lipinski definition) is 7. The number of sulfonamides is 1. The molecule has 1 amide bonds. The Morgan fingerprint density at radius 3 is 2.33 bits per heavy atom. The number of nitrogens with zero attached hydrogens (tertiary/aromatic N) is 3. The number of carbonyl (C=O) groups excluding carboxylic acids is 1. The standard InChI is InChI=1S/C23H26N4O5S/c1-14-5-10-20(15(2)11-14)22-25-26-23(32-22)24-21(28)18-6-8-19(9-7-18)33(29,30)27-12-16(3)31-17(4)13-27/h5-11,16-17H,12-13H2,1-4H3,(H,24,26,28). The predicted octanol–water partition coefficient (Wildman–Crippen LogP) is 3.40. The number of morpholine rings is 1. The molecule has 1 aliphatic rings. The zero-order valence-corrected chi connectivity index (χ0v) is 19.7. The Balaban J connectivity index is 1.46. The summed E-state index contributed by atoms with van der Waals surface area (Å²) in [6.45, 7) is 8.19. The molecule has 2 unspecified atom stereocenters. The fraction of sp³-hybridized carbons (Fsp3) is 0.348. The summed E-state index contributed by atoms with van der Waals surface area (Å²) < 4.78 is 38.6. The first-order valence-corrected chi connectivity index (χ1v) is 12.1. The van der Waals surface area contributed by atoms with Crippen molar-refractivity contribution < 1.29 is 22.4 Å². The molecule has 1 N–H and O–H groups in total. The van der Waals surface area contributed by atoms with E-state index < -0.39 is 15.9 Å². The van der Waals surface area contributed by atoms with Crippen LogP contribution in [0.25, 0.3) is 11.5 Å². The minimum absolute atomic E-state index is 0.0389. The van der Waals surface area contributed by atoms with Crippen LogP contribution >= 0.6 is 0 Å². The number of aryl methyl sites for hydroxylation is 2. The van der Waals surface area contributed by atoms with Gasteiger partial charge in [0.15, 0.2) is 0 Å². The normalized spacial score (nSPS) is 19.4. The van der Waals surface area contributed by atoms with Crippen molar-refractivity contribution in [3.63, 3.8) is 0 Å². The molecule has 2 atom stereocenters. The monoisotopic (exact) mass is 470 g/mol. The van der Waals surface area contributed by atoms with Crippen molar-refractivity contribution in [2.45, 2.75) is 44.8 Å². The minimum atomic E-state index is -3.68. The van der Waals surface area contributed by atoms with Crippen molar-refractivity contribution in [2.75, 3.05) is 18.4 Å². The molecule has 0 bridgehead atoms. The van der Waals surface area contributed by atoms with Gasteiger partial charge in [-0.25, -0.2) is 8.42 Å². The second-order valence-corrected chi connectivity index (χ2v) is 10.2. The highest BCUT2D eigenvalue weighted by molar-refractivity contribution is 7.89. The van der Waals surface area contributed by atoms with E-state index in [1.165, 1.54) is 28.6 Å². The number of hydrogen-bond donors (Lipinski definition) is 1. The number of ether oxygens (including phenoxy) is 1. The molecule has 0 saturated carbocycles. The molecule has 4 rings (SSSR count). The molecule has 0 aliphatic carbocycles. The molecule has 174 valence electrons. The minimum Gasteiger partial charge on any atom is -0.403 e. The van der Waals surface area contributed by atoms with Gasteiger partial charge in [-0.15, -0.1) is 5.10 Å². The number of carbonyl (C=O) groups is 1. The van der Waals surface area contributed by atoms with Crippen molar-refractivity contribution in [1.29, 1.82) is 0 Å². The van der Waals surface area contributed by atoms with E-state index in [-0.39, 0.29) is 41.8 Å². The largest absolute Gasteiger partial charge is 0.403 e. The zero-order chi connectivity index (χ0) is 23.8. The lowest BCUT2D eigenvalue weighted by Gasteiger charge is -2.34. The van der Waals surface area contributed by atoms with Crippen LogP contribution < -0.4 is 5.32 Å². The molecule has 1 saturated heterocycles. The quantitative estimate of drug-likeness (QED) is 0.608. The van der Waals surface area contributed by atoms with Crippen LogP contribution in [0, 0.1) is 13.8 Å². The van der Waals surface area contributed by atoms with Crippen LogP contribution in [0.1, 0.15) is 35.3 Å². The first-order chi connectivity index (χ1) is 15.6. The van der Waals surface area contributed by atoms with Gasteiger partial charge in [0, 0.05) is 24.2 Å². The second-order valence-electron chi connectivity index (χ2n) is 8.29. The average Bonchev–Trinajstić information content (AvgIpc) is 3.21. The van der Waals surface area contributed by atoms with Crippen LogP contribution in [-0.2, 0) is 14.8 Å². The molecule has 9 nitrogen and oxygen atoms in total. The zero-order valence-electron chi connectivity index (χ0n) is 18.9. The summed E-state index contributed by atoms with van der Waals surface area (Å²) >= 11 is 0. The third-order valence-corrected chi connectivity index (χ3v) is 7.24. The highest BCUT2D eigenvalue weighted by atomic mass is 32.2. The number of rotatable bonds is 5. The Morgan fingerprint density at radius 1 is 1.03 bits per heavy atom. The highest BCUT2D eigenvalue weighted by Gasteiger charge is 2.32. The van der Waals surface area contributed by atoms with Crippen LogP contribution in [-0.4, -0.2) is 54.1 Å². The van der Waals surface area contributed by atoms with Gasteiger partial charge in [0.25, 0.3) is 5.91 Å². The van der Waals surface area contributed by atoms with Crippen molar-refractivity contribution in [1.82, 2.24) is 14.5 Å². The Kier molecular flexibility index (Phi) is 6.33. The maximum Gasteiger partial charge on any atom is 0.322 e. The van der Waals surface area contributed by atoms with Crippen LogP contribution in [0.15, 0.2) is 51.8 Å². The fourth-order valence-corrected chi connectivity index (χ4v) is 5.45. The molecule has 10 heteroatoms. The lowest BCUT2D eigenvalue weighted by molar-refractivity contribution is -0.0440. The van der Waals surface area contributed by atoms with Gasteiger partial charge < -0.3 is 9.15 Å². The first-order valence-electron chi connectivity index (χ1n) is 10.6. The second kappa shape index (κ2) is 9.05. The third-order valence-electron chi connectivity index (χ3n) is 5.40. The average molecular weight is 471 g/mol. The van der Waals surface area contributed by atoms with Gasteiger partial charge in [-0.05, 0) is 63.6 Å². The van der Waals surface area contributed by atoms with Gasteiger partial charge in [-0.2, -0.15) is 4.31 Å². The molecule has 1 aromatic heterocycles. The van der Waals surface area contributed by atoms with E-state index in [2.05, 4.69) is 15.5 Å². The molecule has 0 radical (unpaired) electrons. The lowest BCUT2D eigenvalue weighted by Crippen LogP contribution is -2.48. The molecular formula is C23H26N4O5S. The molecule has 2 aromatic carbocycles. The van der Waals surface area contributed by atoms with Crippen LogP contribution in [0.2, 0.25) is 0 Å². The molecule has 3 aromatic rings. The smallest absolute Gasteiger partial charge is 0.322 e. The molecule has 1 fully saturated rings. The highest BCUT2D eigenvalue weighted by Crippen LogP contribution is 2.25. The van der Waals surface area contributed by atoms with Crippen molar-refractivity contribution in [3.05, 3.63) is 59.2 Å². The Bertz CT molecular complexity index is 1260. The summed E-state index contributed by atoms with van der Waals surface area (Å²) in [7, 11) is -3.68. The Hall–Kier alpha value is -3.08. The van der Waals surface area contributed by atoms with Gasteiger partial charge in [-0.1, -0.05) is 22.8 Å². The van der Waals surface area contributed by atoms with E-state index in [4.69, 9.17) is 9.15 Å². The summed E-state index contributed by atoms with van der Waals surface area (Å²) in [5.41, 5.74) is 3.16. The van der Waals surface area contributed by atoms with E-state index in [0.717, 1.165) is 16.7 Å². The maximum absolute atomic E-state index is 13.0. The molecule has 33 heavy (non-hydrogen) atoms. The van der Waals surface area contributed by atoms with Gasteiger partial charge >= 0.3 is 6.01 Å². The number of aromatic nitrogens is 2. The van der Waals surface area contributed by atoms with Crippen molar-refractivity contribution >= 4 is 21.9 Å². The van der Waals surface area contributed by atoms with E-state index >= 15 is 0 Å². The van der Waals surface area contributed by atoms with E-state index in [1.807, 2.05) is 45.9 Å². The Labute approximate surface area is 192 Å². The van der Waals surface area contributed by atoms with Crippen molar-refractivity contribution in [3.8, 4) is 11.5 Å². The number of benzene rings is 2. The van der Waals surface area contributed by atoms with Gasteiger partial charge in [0.2, 0.25) is 15.9 Å². The van der Waals surface area contributed by atoms with Crippen LogP contribution in [0.5, 0.6) is 0 Å². The summed E-state index contributed by atoms with van der Waals surface area (Å²) in [5.74, 6) is -0.179. The number of amides is 1.